The summed E-state index contributed by atoms with van der Waals surface area (Å²) >= 11 is 0. The maximum absolute atomic E-state index is 12.7. The molecule has 0 aliphatic heterocycles. The van der Waals surface area contributed by atoms with Gasteiger partial charge in [0, 0.05) is 6.07 Å². The van der Waals surface area contributed by atoms with Gasteiger partial charge in [-0.05, 0) is 55.9 Å². The molecule has 2 aliphatic carbocycles. The molecule has 0 amide bonds. The highest BCUT2D eigenvalue weighted by Gasteiger charge is 2.29. The van der Waals surface area contributed by atoms with Crippen LogP contribution < -0.4 is 9.47 Å². The number of rotatable bonds is 15. The van der Waals surface area contributed by atoms with E-state index in [9.17, 15) is 4.79 Å². The van der Waals surface area contributed by atoms with Crippen molar-refractivity contribution in [2.75, 3.05) is 6.61 Å². The Kier molecular flexibility index (Phi) is 13.0. The summed E-state index contributed by atoms with van der Waals surface area (Å²) in [6.45, 7) is 5.16. The first-order valence-corrected chi connectivity index (χ1v) is 15.0. The predicted molar refractivity (Wildman–Crippen MR) is 144 cm³/mol. The molecular formula is C31H51NO3. The Morgan fingerprint density at radius 2 is 1.37 bits per heavy atom. The summed E-state index contributed by atoms with van der Waals surface area (Å²) < 4.78 is 11.3. The predicted octanol–water partition coefficient (Wildman–Crippen LogP) is 8.92. The van der Waals surface area contributed by atoms with E-state index in [1.54, 1.807) is 18.3 Å². The highest BCUT2D eigenvalue weighted by molar-refractivity contribution is 5.75. The van der Waals surface area contributed by atoms with E-state index in [1.165, 1.54) is 89.9 Å². The molecule has 4 heteroatoms. The van der Waals surface area contributed by atoms with Crippen LogP contribution in [0.5, 0.6) is 11.6 Å². The molecule has 0 saturated heterocycles. The van der Waals surface area contributed by atoms with Crippen LogP contribution in [0.25, 0.3) is 0 Å². The number of hydrogen-bond donors (Lipinski definition) is 0. The molecule has 3 rings (SSSR count). The van der Waals surface area contributed by atoms with Gasteiger partial charge in [0.2, 0.25) is 5.88 Å². The fourth-order valence-electron chi connectivity index (χ4n) is 6.07. The molecule has 1 heterocycles. The van der Waals surface area contributed by atoms with Gasteiger partial charge in [-0.3, -0.25) is 4.79 Å². The topological polar surface area (TPSA) is 48.4 Å². The Morgan fingerprint density at radius 1 is 0.771 bits per heavy atom. The van der Waals surface area contributed by atoms with Crippen molar-refractivity contribution in [3.63, 3.8) is 0 Å². The number of aromatic nitrogens is 1. The molecule has 4 nitrogen and oxygen atoms in total. The van der Waals surface area contributed by atoms with E-state index in [4.69, 9.17) is 9.47 Å². The van der Waals surface area contributed by atoms with E-state index < -0.39 is 0 Å². The first-order valence-electron chi connectivity index (χ1n) is 15.0. The molecule has 2 aliphatic rings. The van der Waals surface area contributed by atoms with Crippen LogP contribution in [0.3, 0.4) is 0 Å². The molecule has 0 N–H and O–H groups in total. The van der Waals surface area contributed by atoms with Crippen LogP contribution in [0.4, 0.5) is 0 Å². The van der Waals surface area contributed by atoms with Gasteiger partial charge in [0.25, 0.3) is 0 Å². The Bertz CT molecular complexity index is 688. The first-order chi connectivity index (χ1) is 17.2. The second-order valence-electron chi connectivity index (χ2n) is 11.3. The Labute approximate surface area is 215 Å². The second kappa shape index (κ2) is 16.2. The molecule has 1 aromatic heterocycles. The highest BCUT2D eigenvalue weighted by atomic mass is 16.5. The molecule has 0 bridgehead atoms. The van der Waals surface area contributed by atoms with Crippen LogP contribution >= 0.6 is 0 Å². The third-order valence-electron chi connectivity index (χ3n) is 8.52. The van der Waals surface area contributed by atoms with Crippen molar-refractivity contribution < 1.29 is 14.3 Å². The smallest absolute Gasteiger partial charge is 0.314 e. The summed E-state index contributed by atoms with van der Waals surface area (Å²) in [5.41, 5.74) is 0. The molecule has 198 valence electrons. The summed E-state index contributed by atoms with van der Waals surface area (Å²) in [5, 5.41) is 0. The zero-order valence-corrected chi connectivity index (χ0v) is 22.6. The number of nitrogens with zero attached hydrogens (tertiary/aromatic N) is 1. The monoisotopic (exact) mass is 485 g/mol. The number of esters is 1. The largest absolute Gasteiger partial charge is 0.478 e. The maximum Gasteiger partial charge on any atom is 0.314 e. The molecule has 0 aromatic carbocycles. The maximum atomic E-state index is 12.7. The average Bonchev–Trinajstić information content (AvgIpc) is 2.90. The summed E-state index contributed by atoms with van der Waals surface area (Å²) in [5.74, 6) is 3.85. The van der Waals surface area contributed by atoms with E-state index in [0.29, 0.717) is 18.2 Å². The minimum absolute atomic E-state index is 0.0411. The van der Waals surface area contributed by atoms with Gasteiger partial charge in [-0.2, -0.15) is 0 Å². The van der Waals surface area contributed by atoms with Crippen LogP contribution in [-0.2, 0) is 4.79 Å². The molecule has 0 unspecified atom stereocenters. The molecule has 0 spiro atoms. The SMILES string of the molecule is CCCCCCC1CCC(CCC2CCC(C(=O)Oc3ccc(OCCCCC)nc3)CC2)CC1. The number of carbonyl (C=O) groups is 1. The van der Waals surface area contributed by atoms with Crippen LogP contribution in [0.1, 0.15) is 129 Å². The fraction of sp³-hybridized carbons (Fsp3) is 0.806. The molecule has 2 fully saturated rings. The summed E-state index contributed by atoms with van der Waals surface area (Å²) in [6, 6.07) is 3.59. The Balaban J connectivity index is 1.26. The second-order valence-corrected chi connectivity index (χ2v) is 11.3. The van der Waals surface area contributed by atoms with Gasteiger partial charge in [-0.1, -0.05) is 97.3 Å². The zero-order valence-electron chi connectivity index (χ0n) is 22.6. The third-order valence-corrected chi connectivity index (χ3v) is 8.52. The lowest BCUT2D eigenvalue weighted by Gasteiger charge is -2.31. The molecule has 0 radical (unpaired) electrons. The normalized spacial score (nSPS) is 24.7. The summed E-state index contributed by atoms with van der Waals surface area (Å²) in [7, 11) is 0. The van der Waals surface area contributed by atoms with Crippen LogP contribution in [0.2, 0.25) is 0 Å². The third kappa shape index (κ3) is 10.5. The number of carbonyl (C=O) groups excluding carboxylic acids is 1. The summed E-state index contributed by atoms with van der Waals surface area (Å²) in [6.07, 6.45) is 25.0. The number of unbranched alkanes of at least 4 members (excludes halogenated alkanes) is 5. The molecule has 0 atom stereocenters. The van der Waals surface area contributed by atoms with Crippen LogP contribution in [0, 0.1) is 23.7 Å². The number of ether oxygens (including phenoxy) is 2. The van der Waals surface area contributed by atoms with Crippen LogP contribution in [0.15, 0.2) is 18.3 Å². The van der Waals surface area contributed by atoms with Crippen LogP contribution in [-0.4, -0.2) is 17.6 Å². The van der Waals surface area contributed by atoms with Crippen molar-refractivity contribution in [3.8, 4) is 11.6 Å². The van der Waals surface area contributed by atoms with Crippen molar-refractivity contribution in [2.45, 2.75) is 129 Å². The van der Waals surface area contributed by atoms with E-state index in [0.717, 1.165) is 43.4 Å². The number of pyridine rings is 1. The lowest BCUT2D eigenvalue weighted by molar-refractivity contribution is -0.140. The minimum atomic E-state index is -0.0841. The van der Waals surface area contributed by atoms with E-state index >= 15 is 0 Å². The van der Waals surface area contributed by atoms with Gasteiger partial charge in [-0.15, -0.1) is 0 Å². The average molecular weight is 486 g/mol. The van der Waals surface area contributed by atoms with Crippen molar-refractivity contribution >= 4 is 5.97 Å². The summed E-state index contributed by atoms with van der Waals surface area (Å²) in [4.78, 5) is 17.0. The van der Waals surface area contributed by atoms with Crippen molar-refractivity contribution in [3.05, 3.63) is 18.3 Å². The van der Waals surface area contributed by atoms with E-state index in [1.807, 2.05) is 0 Å². The molecule has 35 heavy (non-hydrogen) atoms. The van der Waals surface area contributed by atoms with Gasteiger partial charge in [-0.25, -0.2) is 4.98 Å². The highest BCUT2D eigenvalue weighted by Crippen LogP contribution is 2.38. The standard InChI is InChI=1S/C31H51NO3/c1-3-5-7-8-10-25-11-13-26(14-12-25)15-16-27-17-19-28(20-18-27)31(33)35-29-21-22-30(32-24-29)34-23-9-6-4-2/h21-22,24-28H,3-20,23H2,1-2H3. The molecule has 2 saturated carbocycles. The van der Waals surface area contributed by atoms with Crippen molar-refractivity contribution in [2.24, 2.45) is 23.7 Å². The lowest BCUT2D eigenvalue weighted by Crippen LogP contribution is -2.26. The lowest BCUT2D eigenvalue weighted by atomic mass is 9.75. The van der Waals surface area contributed by atoms with Gasteiger partial charge >= 0.3 is 5.97 Å². The fourth-order valence-corrected chi connectivity index (χ4v) is 6.07. The van der Waals surface area contributed by atoms with Gasteiger partial charge in [0.1, 0.15) is 5.75 Å². The molecular weight excluding hydrogens is 434 g/mol. The Morgan fingerprint density at radius 3 is 1.97 bits per heavy atom. The molecule has 1 aromatic rings. The Hall–Kier alpha value is -1.58. The zero-order chi connectivity index (χ0) is 24.7. The van der Waals surface area contributed by atoms with Gasteiger partial charge in [0.05, 0.1) is 18.7 Å². The first kappa shape index (κ1) is 28.0. The van der Waals surface area contributed by atoms with Gasteiger partial charge < -0.3 is 9.47 Å². The quantitative estimate of drug-likeness (QED) is 0.184. The van der Waals surface area contributed by atoms with E-state index in [-0.39, 0.29) is 11.9 Å². The minimum Gasteiger partial charge on any atom is -0.478 e. The van der Waals surface area contributed by atoms with Crippen molar-refractivity contribution in [1.82, 2.24) is 4.98 Å². The van der Waals surface area contributed by atoms with Crippen molar-refractivity contribution in [1.29, 1.82) is 0 Å². The van der Waals surface area contributed by atoms with Gasteiger partial charge in [0.15, 0.2) is 0 Å². The van der Waals surface area contributed by atoms with E-state index in [2.05, 4.69) is 18.8 Å². The number of hydrogen-bond acceptors (Lipinski definition) is 4.